The van der Waals surface area contributed by atoms with E-state index in [1.807, 2.05) is 25.1 Å². The summed E-state index contributed by atoms with van der Waals surface area (Å²) in [5.74, 6) is -5.71. The van der Waals surface area contributed by atoms with Gasteiger partial charge in [-0.3, -0.25) is 24.1 Å². The molecule has 2 amide bonds. The number of phenols is 1. The fourth-order valence-electron chi connectivity index (χ4n) is 6.46. The van der Waals surface area contributed by atoms with Gasteiger partial charge in [0.15, 0.2) is 23.1 Å². The number of ketones is 2. The summed E-state index contributed by atoms with van der Waals surface area (Å²) in [6.45, 7) is 2.02. The predicted molar refractivity (Wildman–Crippen MR) is 141 cm³/mol. The summed E-state index contributed by atoms with van der Waals surface area (Å²) in [5, 5.41) is 10.7. The first kappa shape index (κ1) is 24.7. The highest BCUT2D eigenvalue weighted by Gasteiger charge is 2.56. The molecule has 2 aromatic carbocycles. The lowest BCUT2D eigenvalue weighted by atomic mass is 9.59. The molecule has 0 radical (unpaired) electrons. The zero-order chi connectivity index (χ0) is 26.9. The van der Waals surface area contributed by atoms with Gasteiger partial charge in [0.2, 0.25) is 11.8 Å². The number of aryl methyl sites for hydroxylation is 1. The summed E-state index contributed by atoms with van der Waals surface area (Å²) in [6.07, 6.45) is 4.23. The molecule has 38 heavy (non-hydrogen) atoms. The molecule has 4 atom stereocenters. The van der Waals surface area contributed by atoms with Crippen LogP contribution in [0.25, 0.3) is 0 Å². The van der Waals surface area contributed by atoms with E-state index >= 15 is 0 Å². The lowest BCUT2D eigenvalue weighted by Crippen LogP contribution is -2.39. The quantitative estimate of drug-likeness (QED) is 0.314. The third-order valence-corrected chi connectivity index (χ3v) is 8.85. The molecule has 1 fully saturated rings. The van der Waals surface area contributed by atoms with Gasteiger partial charge in [0.1, 0.15) is 0 Å². The molecule has 6 nitrogen and oxygen atoms in total. The molecule has 0 bridgehead atoms. The molecule has 1 saturated heterocycles. The van der Waals surface area contributed by atoms with Crippen LogP contribution in [0.5, 0.6) is 5.75 Å². The molecule has 3 aliphatic carbocycles. The van der Waals surface area contributed by atoms with Crippen LogP contribution < -0.4 is 4.90 Å². The second-order valence-corrected chi connectivity index (χ2v) is 11.0. The Morgan fingerprint density at radius 2 is 1.76 bits per heavy atom. The van der Waals surface area contributed by atoms with E-state index in [9.17, 15) is 28.7 Å². The van der Waals surface area contributed by atoms with E-state index in [-0.39, 0.29) is 51.6 Å². The van der Waals surface area contributed by atoms with E-state index in [2.05, 4.69) is 15.9 Å². The van der Waals surface area contributed by atoms with E-state index in [0.29, 0.717) is 11.3 Å². The van der Waals surface area contributed by atoms with Gasteiger partial charge in [-0.15, -0.1) is 0 Å². The van der Waals surface area contributed by atoms with Gasteiger partial charge in [-0.05, 0) is 64.9 Å². The minimum absolute atomic E-state index is 0.101. The van der Waals surface area contributed by atoms with E-state index < -0.39 is 41.0 Å². The number of Topliss-reactive ketones (excluding diaryl/α,β-unsaturated/α-hetero) is 1. The molecule has 1 heterocycles. The van der Waals surface area contributed by atoms with Gasteiger partial charge in [-0.25, -0.2) is 4.39 Å². The minimum atomic E-state index is -0.908. The third kappa shape index (κ3) is 3.50. The highest BCUT2D eigenvalue weighted by molar-refractivity contribution is 9.12. The van der Waals surface area contributed by atoms with E-state index in [4.69, 9.17) is 0 Å². The Balaban J connectivity index is 1.48. The molecule has 6 rings (SSSR count). The highest BCUT2D eigenvalue weighted by atomic mass is 79.9. The van der Waals surface area contributed by atoms with Crippen LogP contribution in [-0.2, 0) is 25.6 Å². The number of carbonyl (C=O) groups excluding carboxylic acids is 4. The van der Waals surface area contributed by atoms with Crippen LogP contribution in [0.15, 0.2) is 75.8 Å². The van der Waals surface area contributed by atoms with Crippen molar-refractivity contribution in [3.05, 3.63) is 92.8 Å². The number of amides is 2. The number of hydrogen-bond acceptors (Lipinski definition) is 5. The van der Waals surface area contributed by atoms with Crippen LogP contribution in [0.1, 0.15) is 36.8 Å². The van der Waals surface area contributed by atoms with Crippen LogP contribution >= 0.6 is 15.9 Å². The molecule has 2 aromatic rings. The standard InChI is InChI=1S/C30H23BrFNO5/c1-2-14-6-8-15(9-7-14)33-29(37)18-11-10-16-19(25(18)30(33)38)12-20-26(23(34)13-21(31)27(20)35)24(16)17-4-3-5-22(32)28(17)36/h3-10,13,18-19,24-25,36H,2,11-12H2,1H3/t18-,19+,24+,25-/m0/s1. The monoisotopic (exact) mass is 575 g/mol. The Morgan fingerprint density at radius 3 is 2.47 bits per heavy atom. The maximum absolute atomic E-state index is 14.5. The average Bonchev–Trinajstić information content (AvgIpc) is 3.17. The first-order valence-electron chi connectivity index (χ1n) is 12.6. The number of para-hydroxylation sites is 1. The number of carbonyl (C=O) groups is 4. The maximum atomic E-state index is 14.5. The predicted octanol–water partition coefficient (Wildman–Crippen LogP) is 5.06. The van der Waals surface area contributed by atoms with Crippen LogP contribution in [0.4, 0.5) is 10.1 Å². The van der Waals surface area contributed by atoms with Crippen molar-refractivity contribution in [1.29, 1.82) is 0 Å². The van der Waals surface area contributed by atoms with Crippen molar-refractivity contribution in [3.8, 4) is 5.75 Å². The SMILES string of the molecule is CCc1ccc(N2C(=O)[C@H]3[C@H](CC=C4[C@H](c5cccc(F)c5O)C5=C(C[C@H]43)C(=O)C(Br)=CC5=O)C2=O)cc1. The number of hydrogen-bond donors (Lipinski definition) is 1. The van der Waals surface area contributed by atoms with Crippen molar-refractivity contribution < 1.29 is 28.7 Å². The Morgan fingerprint density at radius 1 is 1.03 bits per heavy atom. The van der Waals surface area contributed by atoms with E-state index in [0.717, 1.165) is 18.1 Å². The number of allylic oxidation sites excluding steroid dienone is 6. The van der Waals surface area contributed by atoms with E-state index in [1.165, 1.54) is 23.1 Å². The smallest absolute Gasteiger partial charge is 0.238 e. The Bertz CT molecular complexity index is 1540. The number of aromatic hydroxyl groups is 1. The normalized spacial score (nSPS) is 26.7. The summed E-state index contributed by atoms with van der Waals surface area (Å²) >= 11 is 3.18. The molecule has 0 saturated carbocycles. The highest BCUT2D eigenvalue weighted by Crippen LogP contribution is 2.56. The lowest BCUT2D eigenvalue weighted by molar-refractivity contribution is -0.123. The van der Waals surface area contributed by atoms with Crippen molar-refractivity contribution in [1.82, 2.24) is 0 Å². The number of rotatable bonds is 3. The summed E-state index contributed by atoms with van der Waals surface area (Å²) < 4.78 is 14.6. The van der Waals surface area contributed by atoms with Gasteiger partial charge in [0, 0.05) is 28.7 Å². The third-order valence-electron chi connectivity index (χ3n) is 8.26. The molecule has 1 aliphatic heterocycles. The number of benzene rings is 2. The van der Waals surface area contributed by atoms with Crippen molar-refractivity contribution in [2.24, 2.45) is 17.8 Å². The van der Waals surface area contributed by atoms with Gasteiger partial charge < -0.3 is 5.11 Å². The number of fused-ring (bicyclic) bond motifs is 3. The Labute approximate surface area is 226 Å². The number of anilines is 1. The topological polar surface area (TPSA) is 91.8 Å². The number of nitrogens with zero attached hydrogens (tertiary/aromatic N) is 1. The van der Waals surface area contributed by atoms with Gasteiger partial charge >= 0.3 is 0 Å². The van der Waals surface area contributed by atoms with Gasteiger partial charge in [0.05, 0.1) is 22.0 Å². The zero-order valence-corrected chi connectivity index (χ0v) is 22.0. The molecule has 192 valence electrons. The summed E-state index contributed by atoms with van der Waals surface area (Å²) in [5.41, 5.74) is 2.80. The van der Waals surface area contributed by atoms with Crippen LogP contribution in [-0.4, -0.2) is 28.5 Å². The van der Waals surface area contributed by atoms with Gasteiger partial charge in [0.25, 0.3) is 0 Å². The summed E-state index contributed by atoms with van der Waals surface area (Å²) in [4.78, 5) is 55.1. The van der Waals surface area contributed by atoms with Gasteiger partial charge in [-0.2, -0.15) is 0 Å². The Hall–Kier alpha value is -3.65. The molecule has 1 N–H and O–H groups in total. The second-order valence-electron chi connectivity index (χ2n) is 10.1. The average molecular weight is 576 g/mol. The molecular formula is C30H23BrFNO5. The second kappa shape index (κ2) is 8.98. The molecule has 0 aromatic heterocycles. The van der Waals surface area contributed by atoms with Crippen LogP contribution in [0, 0.1) is 23.6 Å². The van der Waals surface area contributed by atoms with Gasteiger partial charge in [-0.1, -0.05) is 42.8 Å². The van der Waals surface area contributed by atoms with Crippen molar-refractivity contribution in [2.75, 3.05) is 4.90 Å². The summed E-state index contributed by atoms with van der Waals surface area (Å²) in [6, 6.07) is 11.4. The fourth-order valence-corrected chi connectivity index (χ4v) is 6.91. The minimum Gasteiger partial charge on any atom is -0.505 e. The van der Waals surface area contributed by atoms with Crippen LogP contribution in [0.3, 0.4) is 0 Å². The Kier molecular flexibility index (Phi) is 5.83. The molecular weight excluding hydrogens is 553 g/mol. The van der Waals surface area contributed by atoms with Crippen molar-refractivity contribution in [2.45, 2.75) is 32.1 Å². The first-order chi connectivity index (χ1) is 18.2. The molecule has 0 spiro atoms. The lowest BCUT2D eigenvalue weighted by Gasteiger charge is -2.42. The molecule has 4 aliphatic rings. The zero-order valence-electron chi connectivity index (χ0n) is 20.4. The molecule has 0 unspecified atom stereocenters. The van der Waals surface area contributed by atoms with Crippen molar-refractivity contribution >= 4 is 45.0 Å². The van der Waals surface area contributed by atoms with Crippen molar-refractivity contribution in [3.63, 3.8) is 0 Å². The summed E-state index contributed by atoms with van der Waals surface area (Å²) in [7, 11) is 0. The number of imide groups is 1. The number of phenolic OH excluding ortho intramolecular Hbond substituents is 1. The first-order valence-corrected chi connectivity index (χ1v) is 13.4. The molecule has 8 heteroatoms. The van der Waals surface area contributed by atoms with Crippen LogP contribution in [0.2, 0.25) is 0 Å². The van der Waals surface area contributed by atoms with E-state index in [1.54, 1.807) is 12.1 Å². The fraction of sp³-hybridized carbons (Fsp3) is 0.267. The maximum Gasteiger partial charge on any atom is 0.238 e. The number of halogens is 2. The largest absolute Gasteiger partial charge is 0.505 e.